The lowest BCUT2D eigenvalue weighted by atomic mass is 10.1. The van der Waals surface area contributed by atoms with Gasteiger partial charge in [-0.3, -0.25) is 4.68 Å². The zero-order valence-electron chi connectivity index (χ0n) is 10.8. The largest absolute Gasteiger partial charge is 0.464 e. The smallest absolute Gasteiger partial charge is 0.357 e. The van der Waals surface area contributed by atoms with Gasteiger partial charge in [0.25, 0.3) is 0 Å². The van der Waals surface area contributed by atoms with Gasteiger partial charge >= 0.3 is 5.97 Å². The first-order valence-corrected chi connectivity index (χ1v) is 5.45. The van der Waals surface area contributed by atoms with Crippen molar-refractivity contribution in [1.29, 1.82) is 0 Å². The molecule has 0 fully saturated rings. The van der Waals surface area contributed by atoms with Gasteiger partial charge in [0, 0.05) is 13.2 Å². The van der Waals surface area contributed by atoms with E-state index in [2.05, 4.69) is 15.1 Å². The zero-order chi connectivity index (χ0) is 13.3. The average molecular weight is 246 g/mol. The Bertz CT molecular complexity index is 604. The van der Waals surface area contributed by atoms with Gasteiger partial charge in [-0.25, -0.2) is 14.8 Å². The number of nitrogens with zero attached hydrogens (tertiary/aromatic N) is 4. The molecule has 6 nitrogen and oxygen atoms in total. The fourth-order valence-electron chi connectivity index (χ4n) is 1.75. The molecule has 0 saturated heterocycles. The molecule has 0 spiro atoms. The fourth-order valence-corrected chi connectivity index (χ4v) is 1.75. The van der Waals surface area contributed by atoms with Crippen molar-refractivity contribution in [2.45, 2.75) is 13.8 Å². The summed E-state index contributed by atoms with van der Waals surface area (Å²) in [6.45, 7) is 3.69. The number of aromatic nitrogens is 4. The predicted molar refractivity (Wildman–Crippen MR) is 65.0 cm³/mol. The highest BCUT2D eigenvalue weighted by molar-refractivity contribution is 5.95. The van der Waals surface area contributed by atoms with Crippen LogP contribution < -0.4 is 0 Å². The average Bonchev–Trinajstić information content (AvgIpc) is 2.73. The van der Waals surface area contributed by atoms with E-state index in [0.29, 0.717) is 22.8 Å². The van der Waals surface area contributed by atoms with Gasteiger partial charge in [0.1, 0.15) is 5.82 Å². The first kappa shape index (κ1) is 12.2. The molecule has 18 heavy (non-hydrogen) atoms. The molecule has 2 rings (SSSR count). The number of carbonyl (C=O) groups excluding carboxylic acids is 1. The standard InChI is InChI=1S/C12H14N4O2/c1-7-5-13-8(2)15-10(7)9-6-14-16(3)11(9)12(17)18-4/h5-6H,1-4H3. The van der Waals surface area contributed by atoms with E-state index in [9.17, 15) is 4.79 Å². The maximum Gasteiger partial charge on any atom is 0.357 e. The SMILES string of the molecule is COC(=O)c1c(-c2nc(C)ncc2C)cnn1C. The van der Waals surface area contributed by atoms with Crippen LogP contribution in [0, 0.1) is 13.8 Å². The van der Waals surface area contributed by atoms with Gasteiger partial charge in [-0.1, -0.05) is 0 Å². The molecule has 94 valence electrons. The van der Waals surface area contributed by atoms with Crippen molar-refractivity contribution in [1.82, 2.24) is 19.7 Å². The van der Waals surface area contributed by atoms with E-state index >= 15 is 0 Å². The van der Waals surface area contributed by atoms with Crippen LogP contribution in [-0.4, -0.2) is 32.8 Å². The highest BCUT2D eigenvalue weighted by atomic mass is 16.5. The van der Waals surface area contributed by atoms with Crippen molar-refractivity contribution in [3.05, 3.63) is 29.5 Å². The summed E-state index contributed by atoms with van der Waals surface area (Å²) in [6, 6.07) is 0. The van der Waals surface area contributed by atoms with Crippen LogP contribution >= 0.6 is 0 Å². The molecule has 0 radical (unpaired) electrons. The van der Waals surface area contributed by atoms with E-state index in [-0.39, 0.29) is 0 Å². The predicted octanol–water partition coefficient (Wildman–Crippen LogP) is 1.28. The fraction of sp³-hybridized carbons (Fsp3) is 0.333. The lowest BCUT2D eigenvalue weighted by Gasteiger charge is -2.06. The summed E-state index contributed by atoms with van der Waals surface area (Å²) < 4.78 is 6.25. The van der Waals surface area contributed by atoms with Crippen molar-refractivity contribution >= 4 is 5.97 Å². The van der Waals surface area contributed by atoms with Crippen molar-refractivity contribution < 1.29 is 9.53 Å². The molecule has 2 aromatic rings. The molecule has 0 aliphatic carbocycles. The van der Waals surface area contributed by atoms with Crippen molar-refractivity contribution in [2.24, 2.45) is 7.05 Å². The molecule has 0 atom stereocenters. The Kier molecular flexibility index (Phi) is 3.10. The monoisotopic (exact) mass is 246 g/mol. The van der Waals surface area contributed by atoms with Gasteiger partial charge in [0.2, 0.25) is 0 Å². The lowest BCUT2D eigenvalue weighted by Crippen LogP contribution is -2.10. The van der Waals surface area contributed by atoms with E-state index in [0.717, 1.165) is 5.56 Å². The Balaban J connectivity index is 2.64. The molecule has 0 N–H and O–H groups in total. The van der Waals surface area contributed by atoms with Gasteiger partial charge in [0.05, 0.1) is 24.6 Å². The Morgan fingerprint density at radius 2 is 2.06 bits per heavy atom. The summed E-state index contributed by atoms with van der Waals surface area (Å²) in [7, 11) is 3.04. The second-order valence-corrected chi connectivity index (χ2v) is 3.97. The summed E-state index contributed by atoms with van der Waals surface area (Å²) in [4.78, 5) is 20.2. The second kappa shape index (κ2) is 4.56. The van der Waals surface area contributed by atoms with Crippen molar-refractivity contribution in [2.75, 3.05) is 7.11 Å². The van der Waals surface area contributed by atoms with Gasteiger partial charge in [-0.15, -0.1) is 0 Å². The Hall–Kier alpha value is -2.24. The van der Waals surface area contributed by atoms with E-state index in [1.54, 1.807) is 26.4 Å². The van der Waals surface area contributed by atoms with Gasteiger partial charge < -0.3 is 4.74 Å². The molecule has 0 aliphatic heterocycles. The molecule has 0 saturated carbocycles. The van der Waals surface area contributed by atoms with Gasteiger partial charge in [-0.2, -0.15) is 5.10 Å². The summed E-state index contributed by atoms with van der Waals surface area (Å²) >= 11 is 0. The quantitative estimate of drug-likeness (QED) is 0.746. The molecular weight excluding hydrogens is 232 g/mol. The van der Waals surface area contributed by atoms with Crippen LogP contribution in [0.5, 0.6) is 0 Å². The maximum atomic E-state index is 11.8. The number of rotatable bonds is 2. The number of aryl methyl sites for hydroxylation is 3. The third-order valence-corrected chi connectivity index (χ3v) is 2.66. The molecule has 6 heteroatoms. The third-order valence-electron chi connectivity index (χ3n) is 2.66. The van der Waals surface area contributed by atoms with E-state index in [1.807, 2.05) is 6.92 Å². The number of ether oxygens (including phenoxy) is 1. The van der Waals surface area contributed by atoms with Crippen LogP contribution in [-0.2, 0) is 11.8 Å². The number of hydrogen-bond donors (Lipinski definition) is 0. The summed E-state index contributed by atoms with van der Waals surface area (Å²) in [5.74, 6) is 0.218. The highest BCUT2D eigenvalue weighted by Crippen LogP contribution is 2.24. The first-order chi connectivity index (χ1) is 8.54. The number of carbonyl (C=O) groups is 1. The second-order valence-electron chi connectivity index (χ2n) is 3.97. The van der Waals surface area contributed by atoms with Crippen LogP contribution in [0.3, 0.4) is 0 Å². The van der Waals surface area contributed by atoms with Crippen LogP contribution in [0.2, 0.25) is 0 Å². The van der Waals surface area contributed by atoms with Crippen molar-refractivity contribution in [3.8, 4) is 11.3 Å². The minimum atomic E-state index is -0.430. The van der Waals surface area contributed by atoms with Gasteiger partial charge in [0.15, 0.2) is 5.69 Å². The summed E-state index contributed by atoms with van der Waals surface area (Å²) in [6.07, 6.45) is 3.34. The number of esters is 1. The van der Waals surface area contributed by atoms with E-state index in [1.165, 1.54) is 11.8 Å². The maximum absolute atomic E-state index is 11.8. The zero-order valence-corrected chi connectivity index (χ0v) is 10.8. The molecular formula is C12H14N4O2. The molecule has 0 unspecified atom stereocenters. The van der Waals surface area contributed by atoms with Crippen LogP contribution in [0.15, 0.2) is 12.4 Å². The summed E-state index contributed by atoms with van der Waals surface area (Å²) in [5.41, 5.74) is 2.64. The van der Waals surface area contributed by atoms with Crippen molar-refractivity contribution in [3.63, 3.8) is 0 Å². The lowest BCUT2D eigenvalue weighted by molar-refractivity contribution is 0.0589. The highest BCUT2D eigenvalue weighted by Gasteiger charge is 2.20. The Morgan fingerprint density at radius 3 is 2.72 bits per heavy atom. The van der Waals surface area contributed by atoms with Crippen LogP contribution in [0.25, 0.3) is 11.3 Å². The van der Waals surface area contributed by atoms with Crippen LogP contribution in [0.1, 0.15) is 21.9 Å². The normalized spacial score (nSPS) is 10.4. The minimum Gasteiger partial charge on any atom is -0.464 e. The van der Waals surface area contributed by atoms with Crippen LogP contribution in [0.4, 0.5) is 0 Å². The van der Waals surface area contributed by atoms with E-state index < -0.39 is 5.97 Å². The molecule has 2 aromatic heterocycles. The first-order valence-electron chi connectivity index (χ1n) is 5.45. The number of methoxy groups -OCH3 is 1. The molecule has 2 heterocycles. The van der Waals surface area contributed by atoms with Gasteiger partial charge in [-0.05, 0) is 19.4 Å². The molecule has 0 aliphatic rings. The number of hydrogen-bond acceptors (Lipinski definition) is 5. The Morgan fingerprint density at radius 1 is 1.33 bits per heavy atom. The minimum absolute atomic E-state index is 0.388. The molecule has 0 aromatic carbocycles. The topological polar surface area (TPSA) is 69.9 Å². The summed E-state index contributed by atoms with van der Waals surface area (Å²) in [5, 5.41) is 4.09. The molecule has 0 bridgehead atoms. The third kappa shape index (κ3) is 1.97. The molecule has 0 amide bonds. The Labute approximate surface area is 105 Å². The van der Waals surface area contributed by atoms with E-state index in [4.69, 9.17) is 4.74 Å².